The lowest BCUT2D eigenvalue weighted by Crippen LogP contribution is -2.13. The Bertz CT molecular complexity index is 740. The van der Waals surface area contributed by atoms with Gasteiger partial charge in [0.25, 0.3) is 0 Å². The second-order valence-corrected chi connectivity index (χ2v) is 4.64. The van der Waals surface area contributed by atoms with E-state index in [1.807, 2.05) is 11.6 Å². The Morgan fingerprint density at radius 3 is 2.90 bits per heavy atom. The maximum atomic E-state index is 4.60. The van der Waals surface area contributed by atoms with Crippen molar-refractivity contribution in [3.63, 3.8) is 0 Å². The van der Waals surface area contributed by atoms with Crippen LogP contribution < -0.4 is 5.32 Å². The van der Waals surface area contributed by atoms with E-state index in [1.54, 1.807) is 6.33 Å². The number of fused-ring (bicyclic) bond motifs is 1. The van der Waals surface area contributed by atoms with Gasteiger partial charge in [0, 0.05) is 17.8 Å². The molecule has 0 amide bonds. The van der Waals surface area contributed by atoms with E-state index in [1.165, 1.54) is 11.9 Å². The van der Waals surface area contributed by atoms with Gasteiger partial charge < -0.3 is 10.3 Å². The molecule has 0 aliphatic carbocycles. The Morgan fingerprint density at radius 1 is 1.25 bits per heavy atom. The van der Waals surface area contributed by atoms with Gasteiger partial charge in [-0.1, -0.05) is 6.92 Å². The third-order valence-electron chi connectivity index (χ3n) is 3.40. The van der Waals surface area contributed by atoms with Crippen LogP contribution in [0, 0.1) is 13.8 Å². The maximum Gasteiger partial charge on any atom is 0.182 e. The molecule has 3 rings (SSSR count). The van der Waals surface area contributed by atoms with Crippen molar-refractivity contribution in [3.8, 4) is 5.82 Å². The van der Waals surface area contributed by atoms with Crippen molar-refractivity contribution < 1.29 is 0 Å². The van der Waals surface area contributed by atoms with Crippen molar-refractivity contribution in [2.24, 2.45) is 0 Å². The summed E-state index contributed by atoms with van der Waals surface area (Å²) in [4.78, 5) is 15.7. The number of aromatic amines is 1. The normalized spacial score (nSPS) is 11.3. The molecule has 0 saturated heterocycles. The average Bonchev–Trinajstić information content (AvgIpc) is 3.02. The van der Waals surface area contributed by atoms with E-state index in [2.05, 4.69) is 44.2 Å². The second kappa shape index (κ2) is 5.01. The van der Waals surface area contributed by atoms with Crippen LogP contribution in [0.4, 0.5) is 0 Å². The number of nitrogens with zero attached hydrogens (tertiary/aromatic N) is 5. The lowest BCUT2D eigenvalue weighted by molar-refractivity contribution is 0.719. The number of hydrogen-bond donors (Lipinski definition) is 2. The molecule has 2 N–H and O–H groups in total. The van der Waals surface area contributed by atoms with Crippen LogP contribution in [0.1, 0.15) is 23.9 Å². The van der Waals surface area contributed by atoms with Gasteiger partial charge in [-0.3, -0.25) is 0 Å². The summed E-state index contributed by atoms with van der Waals surface area (Å²) in [6, 6.07) is 0. The molecule has 7 heteroatoms. The molecule has 0 aliphatic heterocycles. The van der Waals surface area contributed by atoms with E-state index in [9.17, 15) is 0 Å². The number of H-pyrrole nitrogens is 1. The Labute approximate surface area is 116 Å². The first kappa shape index (κ1) is 12.7. The van der Waals surface area contributed by atoms with E-state index in [0.29, 0.717) is 5.65 Å². The van der Waals surface area contributed by atoms with E-state index in [-0.39, 0.29) is 0 Å². The topological polar surface area (TPSA) is 84.3 Å². The van der Waals surface area contributed by atoms with E-state index >= 15 is 0 Å². The molecule has 20 heavy (non-hydrogen) atoms. The Kier molecular flexibility index (Phi) is 3.19. The zero-order chi connectivity index (χ0) is 14.1. The van der Waals surface area contributed by atoms with Crippen LogP contribution in [0.5, 0.6) is 0 Å². The predicted molar refractivity (Wildman–Crippen MR) is 75.7 cm³/mol. The summed E-state index contributed by atoms with van der Waals surface area (Å²) in [5, 5.41) is 7.94. The number of aryl methyl sites for hydroxylation is 1. The van der Waals surface area contributed by atoms with E-state index < -0.39 is 0 Å². The van der Waals surface area contributed by atoms with Gasteiger partial charge in [0.05, 0.1) is 12.0 Å². The quantitative estimate of drug-likeness (QED) is 0.746. The molecule has 3 aromatic rings. The first-order valence-corrected chi connectivity index (χ1v) is 6.62. The van der Waals surface area contributed by atoms with Crippen LogP contribution in [0.3, 0.4) is 0 Å². The molecule has 0 aliphatic rings. The zero-order valence-corrected chi connectivity index (χ0v) is 11.8. The van der Waals surface area contributed by atoms with Gasteiger partial charge in [-0.05, 0) is 20.4 Å². The molecule has 0 atom stereocenters. The molecule has 0 radical (unpaired) electrons. The fourth-order valence-electron chi connectivity index (χ4n) is 2.30. The third kappa shape index (κ3) is 1.96. The van der Waals surface area contributed by atoms with E-state index in [0.717, 1.165) is 35.8 Å². The Balaban J connectivity index is 2.13. The van der Waals surface area contributed by atoms with Crippen molar-refractivity contribution in [2.75, 3.05) is 6.54 Å². The number of nitrogens with one attached hydrogen (secondary N) is 2. The smallest absolute Gasteiger partial charge is 0.182 e. The SMILES string of the molecule is CCNCc1c(C)nn(-c2ncnc3nc[nH]c23)c1C. The van der Waals surface area contributed by atoms with Gasteiger partial charge in [-0.15, -0.1) is 0 Å². The Morgan fingerprint density at radius 2 is 2.10 bits per heavy atom. The first-order chi connectivity index (χ1) is 9.72. The fraction of sp³-hybridized carbons (Fsp3) is 0.385. The molecule has 3 aromatic heterocycles. The summed E-state index contributed by atoms with van der Waals surface area (Å²) < 4.78 is 1.85. The molecular formula is C13H17N7. The molecule has 0 saturated carbocycles. The van der Waals surface area contributed by atoms with Gasteiger partial charge in [-0.2, -0.15) is 5.10 Å². The molecule has 0 bridgehead atoms. The van der Waals surface area contributed by atoms with Crippen LogP contribution in [-0.4, -0.2) is 36.3 Å². The van der Waals surface area contributed by atoms with E-state index in [4.69, 9.17) is 0 Å². The first-order valence-electron chi connectivity index (χ1n) is 6.62. The van der Waals surface area contributed by atoms with Gasteiger partial charge in [0.2, 0.25) is 0 Å². The third-order valence-corrected chi connectivity index (χ3v) is 3.40. The molecule has 7 nitrogen and oxygen atoms in total. The molecule has 0 unspecified atom stereocenters. The summed E-state index contributed by atoms with van der Waals surface area (Å²) >= 11 is 0. The standard InChI is InChI=1S/C13H17N7/c1-4-14-5-10-8(2)19-20(9(10)3)13-11-12(16-6-15-11)17-7-18-13/h6-7,14H,4-5H2,1-3H3,(H,15,16,17,18). The van der Waals surface area contributed by atoms with Crippen molar-refractivity contribution in [1.29, 1.82) is 0 Å². The van der Waals surface area contributed by atoms with Gasteiger partial charge in [0.1, 0.15) is 11.8 Å². The summed E-state index contributed by atoms with van der Waals surface area (Å²) in [6.07, 6.45) is 3.13. The summed E-state index contributed by atoms with van der Waals surface area (Å²) in [6.45, 7) is 7.90. The summed E-state index contributed by atoms with van der Waals surface area (Å²) in [7, 11) is 0. The van der Waals surface area contributed by atoms with Crippen LogP contribution in [0.15, 0.2) is 12.7 Å². The molecular weight excluding hydrogens is 254 g/mol. The molecule has 104 valence electrons. The van der Waals surface area contributed by atoms with Crippen LogP contribution in [-0.2, 0) is 6.54 Å². The maximum absolute atomic E-state index is 4.60. The monoisotopic (exact) mass is 271 g/mol. The highest BCUT2D eigenvalue weighted by molar-refractivity contribution is 5.77. The lowest BCUT2D eigenvalue weighted by Gasteiger charge is -2.05. The van der Waals surface area contributed by atoms with Crippen molar-refractivity contribution in [3.05, 3.63) is 29.6 Å². The number of rotatable bonds is 4. The van der Waals surface area contributed by atoms with Crippen molar-refractivity contribution in [2.45, 2.75) is 27.3 Å². The molecule has 0 fully saturated rings. The minimum absolute atomic E-state index is 0.649. The lowest BCUT2D eigenvalue weighted by atomic mass is 10.2. The largest absolute Gasteiger partial charge is 0.340 e. The zero-order valence-electron chi connectivity index (χ0n) is 11.8. The number of imidazole rings is 1. The van der Waals surface area contributed by atoms with Gasteiger partial charge >= 0.3 is 0 Å². The minimum Gasteiger partial charge on any atom is -0.340 e. The summed E-state index contributed by atoms with van der Waals surface area (Å²) in [5.41, 5.74) is 4.75. The van der Waals surface area contributed by atoms with Crippen molar-refractivity contribution in [1.82, 2.24) is 35.0 Å². The van der Waals surface area contributed by atoms with Gasteiger partial charge in [0.15, 0.2) is 11.5 Å². The highest BCUT2D eigenvalue weighted by Gasteiger charge is 2.16. The second-order valence-electron chi connectivity index (χ2n) is 4.64. The summed E-state index contributed by atoms with van der Waals surface area (Å²) in [5.74, 6) is 0.732. The highest BCUT2D eigenvalue weighted by Crippen LogP contribution is 2.20. The minimum atomic E-state index is 0.649. The van der Waals surface area contributed by atoms with Crippen molar-refractivity contribution >= 4 is 11.2 Å². The number of aromatic nitrogens is 6. The molecule has 0 aromatic carbocycles. The predicted octanol–water partition coefficient (Wildman–Crippen LogP) is 1.26. The average molecular weight is 271 g/mol. The molecule has 0 spiro atoms. The van der Waals surface area contributed by atoms with Crippen LogP contribution >= 0.6 is 0 Å². The highest BCUT2D eigenvalue weighted by atomic mass is 15.3. The molecule has 3 heterocycles. The van der Waals surface area contributed by atoms with Crippen LogP contribution in [0.25, 0.3) is 17.0 Å². The number of hydrogen-bond acceptors (Lipinski definition) is 5. The van der Waals surface area contributed by atoms with Gasteiger partial charge in [-0.25, -0.2) is 19.6 Å². The van der Waals surface area contributed by atoms with Crippen LogP contribution in [0.2, 0.25) is 0 Å². The fourth-order valence-corrected chi connectivity index (χ4v) is 2.30. The Hall–Kier alpha value is -2.28.